The summed E-state index contributed by atoms with van der Waals surface area (Å²) in [5.74, 6) is 0.0137. The third-order valence-corrected chi connectivity index (χ3v) is 2.68. The summed E-state index contributed by atoms with van der Waals surface area (Å²) in [6.07, 6.45) is 1.14. The van der Waals surface area contributed by atoms with Crippen LogP contribution in [0.1, 0.15) is 12.8 Å². The summed E-state index contributed by atoms with van der Waals surface area (Å²) < 4.78 is 0. The van der Waals surface area contributed by atoms with Crippen LogP contribution < -0.4 is 11.1 Å². The molecule has 0 aromatic carbocycles. The van der Waals surface area contributed by atoms with Gasteiger partial charge in [0.15, 0.2) is 0 Å². The molecule has 0 spiro atoms. The first-order valence-corrected chi connectivity index (χ1v) is 4.51. The van der Waals surface area contributed by atoms with E-state index >= 15 is 0 Å². The molecule has 0 saturated carbocycles. The Balaban J connectivity index is 2.02. The van der Waals surface area contributed by atoms with Crippen LogP contribution in [0.2, 0.25) is 0 Å². The topological polar surface area (TPSA) is 75.4 Å². The summed E-state index contributed by atoms with van der Waals surface area (Å²) in [6, 6.07) is -0.316. The van der Waals surface area contributed by atoms with E-state index in [9.17, 15) is 9.59 Å². The second-order valence-corrected chi connectivity index (χ2v) is 3.59. The molecule has 2 saturated heterocycles. The lowest BCUT2D eigenvalue weighted by atomic mass is 10.2. The Bertz CT molecular complexity index is 254. The molecule has 2 unspecified atom stereocenters. The second kappa shape index (κ2) is 2.99. The Morgan fingerprint density at radius 2 is 2.23 bits per heavy atom. The number of nitrogens with zero attached hydrogens (tertiary/aromatic N) is 1. The summed E-state index contributed by atoms with van der Waals surface area (Å²) in [7, 11) is 0. The molecular formula is C8H13N3O2. The van der Waals surface area contributed by atoms with Gasteiger partial charge < -0.3 is 16.0 Å². The summed E-state index contributed by atoms with van der Waals surface area (Å²) in [4.78, 5) is 24.1. The van der Waals surface area contributed by atoms with Crippen molar-refractivity contribution >= 4 is 11.8 Å². The average Bonchev–Trinajstić information content (AvgIpc) is 2.62. The van der Waals surface area contributed by atoms with Gasteiger partial charge in [0.1, 0.15) is 0 Å². The molecule has 2 atom stereocenters. The Hall–Kier alpha value is -1.10. The minimum Gasteiger partial charge on any atom is -0.354 e. The normalized spacial score (nSPS) is 34.1. The van der Waals surface area contributed by atoms with Crippen molar-refractivity contribution < 1.29 is 9.59 Å². The van der Waals surface area contributed by atoms with E-state index in [0.717, 1.165) is 0 Å². The van der Waals surface area contributed by atoms with Gasteiger partial charge in [0.05, 0.1) is 12.1 Å². The summed E-state index contributed by atoms with van der Waals surface area (Å²) in [5, 5.41) is 2.71. The van der Waals surface area contributed by atoms with Crippen molar-refractivity contribution in [3.63, 3.8) is 0 Å². The molecule has 0 aromatic rings. The average molecular weight is 183 g/mol. The maximum atomic E-state index is 11.5. The van der Waals surface area contributed by atoms with Crippen LogP contribution in [0.3, 0.4) is 0 Å². The molecule has 2 amide bonds. The Kier molecular flexibility index (Phi) is 1.95. The zero-order valence-corrected chi connectivity index (χ0v) is 7.32. The highest BCUT2D eigenvalue weighted by molar-refractivity contribution is 5.86. The molecule has 5 nitrogen and oxygen atoms in total. The van der Waals surface area contributed by atoms with Crippen molar-refractivity contribution in [3.05, 3.63) is 0 Å². The van der Waals surface area contributed by atoms with Gasteiger partial charge in [0.2, 0.25) is 11.8 Å². The molecule has 2 fully saturated rings. The predicted molar refractivity (Wildman–Crippen MR) is 45.7 cm³/mol. The largest absolute Gasteiger partial charge is 0.354 e. The molecule has 0 aromatic heterocycles. The highest BCUT2D eigenvalue weighted by Gasteiger charge is 2.36. The number of nitrogens with one attached hydrogen (secondary N) is 1. The Morgan fingerprint density at radius 3 is 2.69 bits per heavy atom. The molecule has 0 aliphatic carbocycles. The maximum Gasteiger partial charge on any atom is 0.239 e. The number of hydrogen-bond donors (Lipinski definition) is 2. The van der Waals surface area contributed by atoms with E-state index < -0.39 is 0 Å². The maximum absolute atomic E-state index is 11.5. The van der Waals surface area contributed by atoms with E-state index in [1.165, 1.54) is 0 Å². The lowest BCUT2D eigenvalue weighted by molar-refractivity contribution is -0.130. The fourth-order valence-electron chi connectivity index (χ4n) is 1.90. The minimum atomic E-state index is -0.351. The second-order valence-electron chi connectivity index (χ2n) is 3.59. The van der Waals surface area contributed by atoms with Gasteiger partial charge in [-0.3, -0.25) is 9.59 Å². The molecule has 5 heteroatoms. The molecule has 2 aliphatic rings. The van der Waals surface area contributed by atoms with Crippen LogP contribution >= 0.6 is 0 Å². The van der Waals surface area contributed by atoms with Crippen LogP contribution in [0, 0.1) is 0 Å². The standard InChI is InChI=1S/C8H13N3O2/c9-6-1-2-11(8(6)13)5-3-7(12)10-4-5/h5-6H,1-4,9H2,(H,10,12). The molecule has 72 valence electrons. The van der Waals surface area contributed by atoms with E-state index in [1.54, 1.807) is 4.90 Å². The first-order valence-electron chi connectivity index (χ1n) is 4.51. The van der Waals surface area contributed by atoms with Crippen molar-refractivity contribution in [2.45, 2.75) is 24.9 Å². The quantitative estimate of drug-likeness (QED) is 0.516. The highest BCUT2D eigenvalue weighted by Crippen LogP contribution is 2.17. The van der Waals surface area contributed by atoms with Crippen molar-refractivity contribution in [2.24, 2.45) is 5.73 Å². The van der Waals surface area contributed by atoms with Gasteiger partial charge >= 0.3 is 0 Å². The molecule has 3 N–H and O–H groups in total. The Morgan fingerprint density at radius 1 is 1.46 bits per heavy atom. The minimum absolute atomic E-state index is 0.0125. The number of likely N-dealkylation sites (tertiary alicyclic amines) is 1. The fraction of sp³-hybridized carbons (Fsp3) is 0.750. The van der Waals surface area contributed by atoms with E-state index in [0.29, 0.717) is 25.9 Å². The number of nitrogens with two attached hydrogens (primary N) is 1. The lowest BCUT2D eigenvalue weighted by Gasteiger charge is -2.21. The van der Waals surface area contributed by atoms with Gasteiger partial charge in [-0.25, -0.2) is 0 Å². The van der Waals surface area contributed by atoms with Crippen LogP contribution in [0.4, 0.5) is 0 Å². The molecular weight excluding hydrogens is 170 g/mol. The van der Waals surface area contributed by atoms with E-state index in [4.69, 9.17) is 5.73 Å². The summed E-state index contributed by atoms with van der Waals surface area (Å²) in [6.45, 7) is 1.27. The van der Waals surface area contributed by atoms with Crippen molar-refractivity contribution in [1.82, 2.24) is 10.2 Å². The third kappa shape index (κ3) is 1.39. The smallest absolute Gasteiger partial charge is 0.239 e. The number of rotatable bonds is 1. The molecule has 0 radical (unpaired) electrons. The van der Waals surface area contributed by atoms with E-state index in [-0.39, 0.29) is 23.9 Å². The lowest BCUT2D eigenvalue weighted by Crippen LogP contribution is -2.41. The van der Waals surface area contributed by atoms with Crippen LogP contribution in [0.5, 0.6) is 0 Å². The van der Waals surface area contributed by atoms with Gasteiger partial charge in [-0.1, -0.05) is 0 Å². The SMILES string of the molecule is NC1CCN(C2CNC(=O)C2)C1=O. The van der Waals surface area contributed by atoms with Crippen molar-refractivity contribution in [1.29, 1.82) is 0 Å². The zero-order chi connectivity index (χ0) is 9.42. The third-order valence-electron chi connectivity index (χ3n) is 2.68. The first kappa shape index (κ1) is 8.50. The monoisotopic (exact) mass is 183 g/mol. The molecule has 13 heavy (non-hydrogen) atoms. The first-order chi connectivity index (χ1) is 6.18. The van der Waals surface area contributed by atoms with Crippen LogP contribution in [-0.4, -0.2) is 41.9 Å². The molecule has 0 bridgehead atoms. The highest BCUT2D eigenvalue weighted by atomic mass is 16.2. The summed E-state index contributed by atoms with van der Waals surface area (Å²) >= 11 is 0. The van der Waals surface area contributed by atoms with Crippen LogP contribution in [0.25, 0.3) is 0 Å². The van der Waals surface area contributed by atoms with Crippen molar-refractivity contribution in [2.75, 3.05) is 13.1 Å². The number of carbonyl (C=O) groups is 2. The van der Waals surface area contributed by atoms with Gasteiger partial charge in [0, 0.05) is 19.5 Å². The number of hydrogen-bond acceptors (Lipinski definition) is 3. The number of amides is 2. The molecule has 2 aliphatic heterocycles. The Labute approximate surface area is 76.3 Å². The number of carbonyl (C=O) groups excluding carboxylic acids is 2. The molecule has 2 heterocycles. The van der Waals surface area contributed by atoms with Crippen LogP contribution in [-0.2, 0) is 9.59 Å². The van der Waals surface area contributed by atoms with Gasteiger partial charge in [-0.05, 0) is 6.42 Å². The fourth-order valence-corrected chi connectivity index (χ4v) is 1.90. The molecule has 2 rings (SSSR count). The zero-order valence-electron chi connectivity index (χ0n) is 7.32. The predicted octanol–water partition coefficient (Wildman–Crippen LogP) is -1.57. The van der Waals surface area contributed by atoms with Gasteiger partial charge in [-0.15, -0.1) is 0 Å². The van der Waals surface area contributed by atoms with E-state index in [1.807, 2.05) is 0 Å². The van der Waals surface area contributed by atoms with E-state index in [2.05, 4.69) is 5.32 Å². The van der Waals surface area contributed by atoms with Gasteiger partial charge in [-0.2, -0.15) is 0 Å². The van der Waals surface area contributed by atoms with Crippen LogP contribution in [0.15, 0.2) is 0 Å². The van der Waals surface area contributed by atoms with Gasteiger partial charge in [0.25, 0.3) is 0 Å². The summed E-state index contributed by atoms with van der Waals surface area (Å²) in [5.41, 5.74) is 5.57. The van der Waals surface area contributed by atoms with Crippen molar-refractivity contribution in [3.8, 4) is 0 Å².